The van der Waals surface area contributed by atoms with Crippen LogP contribution in [0.5, 0.6) is 0 Å². The van der Waals surface area contributed by atoms with Gasteiger partial charge in [0.15, 0.2) is 5.69 Å². The molecule has 2 aromatic rings. The second kappa shape index (κ2) is 7.86. The Morgan fingerprint density at radius 2 is 1.91 bits per heavy atom. The van der Waals surface area contributed by atoms with E-state index >= 15 is 0 Å². The van der Waals surface area contributed by atoms with Crippen molar-refractivity contribution in [3.63, 3.8) is 0 Å². The standard InChI is InChI=1S/C14H14ClN3O3S/c15-12-5-4-9(22-12)3-1-2-6-16-13(19)10-7-18-11(8-17-10)14(20)21/h4-5,7-8H,1-3,6H2,(H,16,19)(H,20,21). The van der Waals surface area contributed by atoms with Gasteiger partial charge in [0.1, 0.15) is 5.69 Å². The van der Waals surface area contributed by atoms with Crippen LogP contribution in [0.4, 0.5) is 0 Å². The molecule has 0 saturated heterocycles. The van der Waals surface area contributed by atoms with Gasteiger partial charge in [0.05, 0.1) is 16.7 Å². The number of carboxylic acids is 1. The molecular formula is C14H14ClN3O3S. The Bertz CT molecular complexity index is 658. The van der Waals surface area contributed by atoms with E-state index in [0.717, 1.165) is 36.0 Å². The maximum atomic E-state index is 11.8. The second-order valence-electron chi connectivity index (χ2n) is 4.51. The van der Waals surface area contributed by atoms with Gasteiger partial charge in [-0.25, -0.2) is 14.8 Å². The van der Waals surface area contributed by atoms with Gasteiger partial charge in [-0.2, -0.15) is 0 Å². The molecule has 2 N–H and O–H groups in total. The van der Waals surface area contributed by atoms with Crippen molar-refractivity contribution in [2.24, 2.45) is 0 Å². The smallest absolute Gasteiger partial charge is 0.356 e. The summed E-state index contributed by atoms with van der Waals surface area (Å²) in [7, 11) is 0. The van der Waals surface area contributed by atoms with Crippen LogP contribution in [-0.2, 0) is 6.42 Å². The van der Waals surface area contributed by atoms with E-state index in [2.05, 4.69) is 15.3 Å². The molecule has 0 atom stereocenters. The third-order valence-electron chi connectivity index (χ3n) is 2.87. The maximum absolute atomic E-state index is 11.8. The number of aromatic nitrogens is 2. The van der Waals surface area contributed by atoms with E-state index in [9.17, 15) is 9.59 Å². The topological polar surface area (TPSA) is 92.2 Å². The quantitative estimate of drug-likeness (QED) is 0.756. The number of carbonyl (C=O) groups excluding carboxylic acids is 1. The lowest BCUT2D eigenvalue weighted by Gasteiger charge is -2.04. The minimum Gasteiger partial charge on any atom is -0.476 e. The third-order valence-corrected chi connectivity index (χ3v) is 4.16. The van der Waals surface area contributed by atoms with Gasteiger partial charge in [0.2, 0.25) is 0 Å². The molecule has 2 rings (SSSR count). The van der Waals surface area contributed by atoms with Crippen molar-refractivity contribution < 1.29 is 14.7 Å². The number of rotatable bonds is 7. The number of nitrogens with zero attached hydrogens (tertiary/aromatic N) is 2. The minimum absolute atomic E-state index is 0.107. The summed E-state index contributed by atoms with van der Waals surface area (Å²) >= 11 is 7.42. The molecule has 0 bridgehead atoms. The Labute approximate surface area is 136 Å². The maximum Gasteiger partial charge on any atom is 0.356 e. The van der Waals surface area contributed by atoms with Gasteiger partial charge in [0, 0.05) is 11.4 Å². The molecular weight excluding hydrogens is 326 g/mol. The summed E-state index contributed by atoms with van der Waals surface area (Å²) in [4.78, 5) is 31.1. The molecule has 0 saturated carbocycles. The van der Waals surface area contributed by atoms with Crippen LogP contribution in [0.2, 0.25) is 4.34 Å². The van der Waals surface area contributed by atoms with E-state index in [1.807, 2.05) is 12.1 Å². The molecule has 22 heavy (non-hydrogen) atoms. The molecule has 8 heteroatoms. The van der Waals surface area contributed by atoms with Crippen LogP contribution in [0.25, 0.3) is 0 Å². The summed E-state index contributed by atoms with van der Waals surface area (Å²) in [6.07, 6.45) is 4.94. The molecule has 2 heterocycles. The Balaban J connectivity index is 1.70. The van der Waals surface area contributed by atoms with Crippen molar-refractivity contribution in [2.45, 2.75) is 19.3 Å². The van der Waals surface area contributed by atoms with Crippen LogP contribution in [-0.4, -0.2) is 33.5 Å². The molecule has 0 aliphatic carbocycles. The number of hydrogen-bond donors (Lipinski definition) is 2. The zero-order chi connectivity index (χ0) is 15.9. The van der Waals surface area contributed by atoms with Crippen molar-refractivity contribution in [2.75, 3.05) is 6.54 Å². The lowest BCUT2D eigenvalue weighted by Crippen LogP contribution is -2.25. The molecule has 0 unspecified atom stereocenters. The SMILES string of the molecule is O=C(O)c1cnc(C(=O)NCCCCc2ccc(Cl)s2)cn1. The Hall–Kier alpha value is -1.99. The molecule has 6 nitrogen and oxygen atoms in total. The largest absolute Gasteiger partial charge is 0.476 e. The number of aryl methyl sites for hydroxylation is 1. The third kappa shape index (κ3) is 4.78. The Kier molecular flexibility index (Phi) is 5.85. The van der Waals surface area contributed by atoms with Crippen molar-refractivity contribution >= 4 is 34.8 Å². The van der Waals surface area contributed by atoms with Crippen LogP contribution in [0.15, 0.2) is 24.5 Å². The fourth-order valence-corrected chi connectivity index (χ4v) is 2.89. The molecule has 1 amide bonds. The van der Waals surface area contributed by atoms with Gasteiger partial charge >= 0.3 is 5.97 Å². The number of aromatic carboxylic acids is 1. The lowest BCUT2D eigenvalue weighted by atomic mass is 10.2. The average molecular weight is 340 g/mol. The molecule has 0 spiro atoms. The average Bonchev–Trinajstić information content (AvgIpc) is 2.92. The molecule has 2 aromatic heterocycles. The molecule has 0 radical (unpaired) electrons. The van der Waals surface area contributed by atoms with Crippen molar-refractivity contribution in [1.29, 1.82) is 0 Å². The fraction of sp³-hybridized carbons (Fsp3) is 0.286. The van der Waals surface area contributed by atoms with Crippen LogP contribution in [0.1, 0.15) is 38.7 Å². The first-order valence-corrected chi connectivity index (χ1v) is 7.83. The monoisotopic (exact) mass is 339 g/mol. The number of hydrogen-bond acceptors (Lipinski definition) is 5. The highest BCUT2D eigenvalue weighted by atomic mass is 35.5. The van der Waals surface area contributed by atoms with E-state index < -0.39 is 5.97 Å². The predicted octanol–water partition coefficient (Wildman–Crippen LogP) is 2.64. The number of amides is 1. The van der Waals surface area contributed by atoms with Crippen LogP contribution >= 0.6 is 22.9 Å². The summed E-state index contributed by atoms with van der Waals surface area (Å²) in [6, 6.07) is 3.88. The van der Waals surface area contributed by atoms with Gasteiger partial charge in [-0.05, 0) is 31.4 Å². The van der Waals surface area contributed by atoms with E-state index in [4.69, 9.17) is 16.7 Å². The molecule has 116 valence electrons. The van der Waals surface area contributed by atoms with Gasteiger partial charge in [-0.15, -0.1) is 11.3 Å². The van der Waals surface area contributed by atoms with Crippen LogP contribution < -0.4 is 5.32 Å². The second-order valence-corrected chi connectivity index (χ2v) is 6.31. The zero-order valence-electron chi connectivity index (χ0n) is 11.6. The highest BCUT2D eigenvalue weighted by Gasteiger charge is 2.10. The number of nitrogens with one attached hydrogen (secondary N) is 1. The molecule has 0 aliphatic heterocycles. The number of carboxylic acid groups (broad SMARTS) is 1. The first-order chi connectivity index (χ1) is 10.6. The van der Waals surface area contributed by atoms with Gasteiger partial charge in [-0.1, -0.05) is 11.6 Å². The van der Waals surface area contributed by atoms with Gasteiger partial charge in [-0.3, -0.25) is 4.79 Å². The molecule has 0 aromatic carbocycles. The highest BCUT2D eigenvalue weighted by molar-refractivity contribution is 7.16. The van der Waals surface area contributed by atoms with Gasteiger partial charge in [0.25, 0.3) is 5.91 Å². The first kappa shape index (κ1) is 16.4. The number of thiophene rings is 1. The van der Waals surface area contributed by atoms with Gasteiger partial charge < -0.3 is 10.4 Å². The molecule has 0 fully saturated rings. The number of carbonyl (C=O) groups is 2. The summed E-state index contributed by atoms with van der Waals surface area (Å²) < 4.78 is 0.784. The predicted molar refractivity (Wildman–Crippen MR) is 83.6 cm³/mol. The fourth-order valence-electron chi connectivity index (χ4n) is 1.76. The number of unbranched alkanes of at least 4 members (excludes halogenated alkanes) is 1. The summed E-state index contributed by atoms with van der Waals surface area (Å²) in [5.41, 5.74) is -0.0822. The van der Waals surface area contributed by atoms with E-state index in [-0.39, 0.29) is 17.3 Å². The van der Waals surface area contributed by atoms with E-state index in [0.29, 0.717) is 6.54 Å². The van der Waals surface area contributed by atoms with Crippen molar-refractivity contribution in [3.8, 4) is 0 Å². The highest BCUT2D eigenvalue weighted by Crippen LogP contribution is 2.22. The normalized spacial score (nSPS) is 10.4. The van der Waals surface area contributed by atoms with Crippen LogP contribution in [0.3, 0.4) is 0 Å². The lowest BCUT2D eigenvalue weighted by molar-refractivity contribution is 0.0689. The van der Waals surface area contributed by atoms with E-state index in [1.165, 1.54) is 4.88 Å². The van der Waals surface area contributed by atoms with Crippen LogP contribution in [0, 0.1) is 0 Å². The molecule has 0 aliphatic rings. The van der Waals surface area contributed by atoms with Crippen molar-refractivity contribution in [1.82, 2.24) is 15.3 Å². The first-order valence-electron chi connectivity index (χ1n) is 6.64. The minimum atomic E-state index is -1.17. The Morgan fingerprint density at radius 1 is 1.18 bits per heavy atom. The summed E-state index contributed by atoms with van der Waals surface area (Å²) in [6.45, 7) is 0.528. The summed E-state index contributed by atoms with van der Waals surface area (Å²) in [5, 5.41) is 11.4. The van der Waals surface area contributed by atoms with E-state index in [1.54, 1.807) is 11.3 Å². The van der Waals surface area contributed by atoms with Crippen molar-refractivity contribution in [3.05, 3.63) is 45.1 Å². The number of halogens is 1. The Morgan fingerprint density at radius 3 is 2.50 bits per heavy atom. The zero-order valence-corrected chi connectivity index (χ0v) is 13.2. The summed E-state index contributed by atoms with van der Waals surface area (Å²) in [5.74, 6) is -1.53.